The van der Waals surface area contributed by atoms with Crippen LogP contribution in [0.5, 0.6) is 0 Å². The Balaban J connectivity index is 0.00000180. The van der Waals surface area contributed by atoms with E-state index in [9.17, 15) is 0 Å². The molecule has 2 heterocycles. The van der Waals surface area contributed by atoms with Crippen molar-refractivity contribution < 1.29 is 9.31 Å². The lowest BCUT2D eigenvalue weighted by atomic mass is 9.82. The molecule has 0 radical (unpaired) electrons. The Morgan fingerprint density at radius 2 is 1.84 bits per heavy atom. The number of rotatable bonds is 4. The minimum absolute atomic E-state index is 0. The summed E-state index contributed by atoms with van der Waals surface area (Å²) in [6, 6.07) is 0. The quantitative estimate of drug-likeness (QED) is 0.838. The number of aryl methyl sites for hydroxylation is 1. The van der Waals surface area contributed by atoms with E-state index < -0.39 is 0 Å². The third-order valence-electron chi connectivity index (χ3n) is 3.77. The van der Waals surface area contributed by atoms with E-state index in [1.807, 2.05) is 38.6 Å². The lowest BCUT2D eigenvalue weighted by Crippen LogP contribution is -2.41. The Hall–Kier alpha value is -0.555. The Labute approximate surface area is 121 Å². The second kappa shape index (κ2) is 5.83. The fourth-order valence-electron chi connectivity index (χ4n) is 1.86. The molecule has 1 aromatic rings. The Bertz CT molecular complexity index is 407. The molecule has 1 fully saturated rings. The summed E-state index contributed by atoms with van der Waals surface area (Å²) in [6.07, 6.45) is 4.70. The lowest BCUT2D eigenvalue weighted by molar-refractivity contribution is 0.00578. The van der Waals surface area contributed by atoms with Crippen LogP contribution in [0.3, 0.4) is 0 Å². The molecule has 0 spiro atoms. The van der Waals surface area contributed by atoms with Gasteiger partial charge >= 0.3 is 7.12 Å². The van der Waals surface area contributed by atoms with Crippen LogP contribution in [-0.2, 0) is 15.9 Å². The maximum Gasteiger partial charge on any atom is 0.498 e. The fraction of sp³-hybridized carbons (Fsp3) is 0.750. The van der Waals surface area contributed by atoms with Crippen molar-refractivity contribution in [2.24, 2.45) is 5.73 Å². The molecule has 0 aromatic carbocycles. The molecule has 1 aliphatic rings. The maximum absolute atomic E-state index is 5.97. The minimum Gasteiger partial charge on any atom is -0.399 e. The number of aromatic nitrogens is 2. The van der Waals surface area contributed by atoms with Crippen LogP contribution in [-0.4, -0.2) is 34.6 Å². The first-order chi connectivity index (χ1) is 8.36. The van der Waals surface area contributed by atoms with Crippen LogP contribution >= 0.6 is 12.4 Å². The van der Waals surface area contributed by atoms with Gasteiger partial charge in [0.25, 0.3) is 0 Å². The molecule has 0 aliphatic carbocycles. The zero-order valence-corrected chi connectivity index (χ0v) is 12.9. The summed E-state index contributed by atoms with van der Waals surface area (Å²) in [5.41, 5.74) is 5.83. The van der Waals surface area contributed by atoms with Crippen molar-refractivity contribution >= 4 is 25.0 Å². The number of halogens is 1. The van der Waals surface area contributed by atoms with Crippen molar-refractivity contribution in [1.82, 2.24) is 9.78 Å². The summed E-state index contributed by atoms with van der Waals surface area (Å²) in [4.78, 5) is 0. The van der Waals surface area contributed by atoms with Crippen molar-refractivity contribution in [1.29, 1.82) is 0 Å². The summed E-state index contributed by atoms with van der Waals surface area (Å²) in [5, 5.41) is 4.29. The van der Waals surface area contributed by atoms with E-state index in [0.29, 0.717) is 6.54 Å². The van der Waals surface area contributed by atoms with Crippen LogP contribution in [0.25, 0.3) is 0 Å². The van der Waals surface area contributed by atoms with Crippen molar-refractivity contribution in [2.75, 3.05) is 6.54 Å². The SMILES string of the molecule is CC1(C)OB(c2cnn(CCCN)c2)OC1(C)C.Cl. The van der Waals surface area contributed by atoms with Gasteiger partial charge in [0, 0.05) is 24.4 Å². The zero-order valence-electron chi connectivity index (χ0n) is 12.0. The maximum atomic E-state index is 5.97. The van der Waals surface area contributed by atoms with E-state index in [1.54, 1.807) is 6.20 Å². The minimum atomic E-state index is -0.332. The standard InChI is InChI=1S/C12H22BN3O2.ClH/c1-11(2)12(3,4)18-13(17-11)10-8-15-16(9-10)7-5-6-14;/h8-9H,5-7,14H2,1-4H3;1H. The Kier molecular flexibility index (Phi) is 5.06. The Morgan fingerprint density at radius 3 is 2.37 bits per heavy atom. The molecule has 1 aromatic heterocycles. The van der Waals surface area contributed by atoms with Crippen LogP contribution in [0, 0.1) is 0 Å². The summed E-state index contributed by atoms with van der Waals surface area (Å²) in [7, 11) is -0.332. The van der Waals surface area contributed by atoms with Gasteiger partial charge in [0.05, 0.1) is 11.2 Å². The monoisotopic (exact) mass is 287 g/mol. The zero-order chi connectivity index (χ0) is 13.4. The van der Waals surface area contributed by atoms with Gasteiger partial charge < -0.3 is 15.0 Å². The van der Waals surface area contributed by atoms with Crippen LogP contribution in [0.4, 0.5) is 0 Å². The van der Waals surface area contributed by atoms with Gasteiger partial charge in [-0.2, -0.15) is 5.10 Å². The average molecular weight is 288 g/mol. The van der Waals surface area contributed by atoms with Crippen molar-refractivity contribution in [3.8, 4) is 0 Å². The summed E-state index contributed by atoms with van der Waals surface area (Å²) < 4.78 is 13.8. The highest BCUT2D eigenvalue weighted by atomic mass is 35.5. The second-order valence-corrected chi connectivity index (χ2v) is 5.77. The highest BCUT2D eigenvalue weighted by Gasteiger charge is 2.52. The molecule has 5 nitrogen and oxygen atoms in total. The number of nitrogens with zero attached hydrogens (tertiary/aromatic N) is 2. The van der Waals surface area contributed by atoms with Gasteiger partial charge in [0.2, 0.25) is 0 Å². The first-order valence-electron chi connectivity index (χ1n) is 6.44. The fourth-order valence-corrected chi connectivity index (χ4v) is 1.86. The molecule has 0 unspecified atom stereocenters. The number of hydrogen-bond acceptors (Lipinski definition) is 4. The van der Waals surface area contributed by atoms with Gasteiger partial charge in [-0.05, 0) is 40.7 Å². The first kappa shape index (κ1) is 16.5. The smallest absolute Gasteiger partial charge is 0.399 e. The van der Waals surface area contributed by atoms with E-state index in [4.69, 9.17) is 15.0 Å². The van der Waals surface area contributed by atoms with Crippen LogP contribution in [0.2, 0.25) is 0 Å². The molecule has 0 saturated carbocycles. The molecule has 2 rings (SSSR count). The van der Waals surface area contributed by atoms with Crippen LogP contribution < -0.4 is 11.2 Å². The molecule has 0 bridgehead atoms. The predicted octanol–water partition coefficient (Wildman–Crippen LogP) is 0.953. The summed E-state index contributed by atoms with van der Waals surface area (Å²) in [6.45, 7) is 9.69. The molecular weight excluding hydrogens is 264 g/mol. The number of hydrogen-bond donors (Lipinski definition) is 1. The third-order valence-corrected chi connectivity index (χ3v) is 3.77. The van der Waals surface area contributed by atoms with Crippen molar-refractivity contribution in [3.63, 3.8) is 0 Å². The van der Waals surface area contributed by atoms with Crippen molar-refractivity contribution in [2.45, 2.75) is 51.9 Å². The largest absolute Gasteiger partial charge is 0.498 e. The Morgan fingerprint density at radius 1 is 1.26 bits per heavy atom. The average Bonchev–Trinajstić information content (AvgIpc) is 2.80. The molecule has 1 aliphatic heterocycles. The number of nitrogens with two attached hydrogens (primary N) is 1. The van der Waals surface area contributed by atoms with E-state index in [-0.39, 0.29) is 30.7 Å². The van der Waals surface area contributed by atoms with E-state index in [2.05, 4.69) is 5.10 Å². The summed E-state index contributed by atoms with van der Waals surface area (Å²) >= 11 is 0. The van der Waals surface area contributed by atoms with Gasteiger partial charge in [0.15, 0.2) is 0 Å². The van der Waals surface area contributed by atoms with Gasteiger partial charge in [-0.3, -0.25) is 4.68 Å². The molecular formula is C12H23BClN3O2. The second-order valence-electron chi connectivity index (χ2n) is 5.77. The van der Waals surface area contributed by atoms with E-state index in [0.717, 1.165) is 18.4 Å². The van der Waals surface area contributed by atoms with Gasteiger partial charge in [-0.15, -0.1) is 12.4 Å². The molecule has 7 heteroatoms. The third kappa shape index (κ3) is 3.31. The molecule has 19 heavy (non-hydrogen) atoms. The lowest BCUT2D eigenvalue weighted by Gasteiger charge is -2.32. The van der Waals surface area contributed by atoms with E-state index in [1.165, 1.54) is 0 Å². The molecule has 2 N–H and O–H groups in total. The van der Waals surface area contributed by atoms with Gasteiger partial charge in [-0.25, -0.2) is 0 Å². The highest BCUT2D eigenvalue weighted by Crippen LogP contribution is 2.36. The summed E-state index contributed by atoms with van der Waals surface area (Å²) in [5.74, 6) is 0. The molecule has 0 atom stereocenters. The predicted molar refractivity (Wildman–Crippen MR) is 78.9 cm³/mol. The topological polar surface area (TPSA) is 62.3 Å². The first-order valence-corrected chi connectivity index (χ1v) is 6.44. The van der Waals surface area contributed by atoms with E-state index >= 15 is 0 Å². The molecule has 0 amide bonds. The van der Waals surface area contributed by atoms with Gasteiger partial charge in [0.1, 0.15) is 0 Å². The van der Waals surface area contributed by atoms with Crippen LogP contribution in [0.15, 0.2) is 12.4 Å². The molecule has 108 valence electrons. The highest BCUT2D eigenvalue weighted by molar-refractivity contribution is 6.61. The van der Waals surface area contributed by atoms with Crippen LogP contribution in [0.1, 0.15) is 34.1 Å². The normalized spacial score (nSPS) is 20.4. The molecule has 1 saturated heterocycles. The van der Waals surface area contributed by atoms with Crippen molar-refractivity contribution in [3.05, 3.63) is 12.4 Å². The van der Waals surface area contributed by atoms with Gasteiger partial charge in [-0.1, -0.05) is 0 Å².